The van der Waals surface area contributed by atoms with E-state index >= 15 is 0 Å². The van der Waals surface area contributed by atoms with E-state index in [2.05, 4.69) is 37.2 Å². The van der Waals surface area contributed by atoms with E-state index in [0.717, 1.165) is 25.5 Å². The quantitative estimate of drug-likeness (QED) is 0.541. The minimum Gasteiger partial charge on any atom is -0.481 e. The van der Waals surface area contributed by atoms with Gasteiger partial charge in [-0.1, -0.05) is 13.8 Å². The molecule has 4 saturated carbocycles. The number of aromatic amines is 1. The SMILES string of the molecule is C=N[C@@]12C[C@@H]1[C@@H]1CC[C@@]2(C)[C@@H](Nc2nc(-c3n[nH]c4c3C=C(F)C(C)[C@@H]4F)ncc2F)[C@@H]1C(=O)O. The maximum atomic E-state index is 14.9. The number of aliphatic carboxylic acids is 1. The number of H-pyrrole nitrogens is 1. The second kappa shape index (κ2) is 7.14. The molecule has 1 unspecified atom stereocenters. The molecule has 0 saturated heterocycles. The van der Waals surface area contributed by atoms with Gasteiger partial charge in [0, 0.05) is 22.9 Å². The van der Waals surface area contributed by atoms with Gasteiger partial charge in [0.05, 0.1) is 23.3 Å². The van der Waals surface area contributed by atoms with Crippen molar-refractivity contribution in [1.29, 1.82) is 0 Å². The lowest BCUT2D eigenvalue weighted by molar-refractivity contribution is -0.152. The number of alkyl halides is 1. The molecule has 3 N–H and O–H groups in total. The topological polar surface area (TPSA) is 116 Å². The van der Waals surface area contributed by atoms with E-state index in [1.807, 2.05) is 6.92 Å². The number of allylic oxidation sites excluding steroid dienone is 1. The number of carbonyl (C=O) groups is 1. The van der Waals surface area contributed by atoms with E-state index < -0.39 is 52.6 Å². The Morgan fingerprint density at radius 2 is 2.17 bits per heavy atom. The highest BCUT2D eigenvalue weighted by Gasteiger charge is 2.77. The zero-order valence-corrected chi connectivity index (χ0v) is 19.2. The minimum atomic E-state index is -1.61. The molecule has 0 amide bonds. The van der Waals surface area contributed by atoms with Gasteiger partial charge in [-0.2, -0.15) is 5.10 Å². The van der Waals surface area contributed by atoms with E-state index in [-0.39, 0.29) is 40.4 Å². The third-order valence-electron chi connectivity index (χ3n) is 9.07. The summed E-state index contributed by atoms with van der Waals surface area (Å²) in [6.07, 6.45) is 2.80. The fraction of sp³-hybridized carbons (Fsp3) is 0.542. The zero-order chi connectivity index (χ0) is 24.9. The molecule has 0 spiro atoms. The van der Waals surface area contributed by atoms with Gasteiger partial charge in [-0.15, -0.1) is 0 Å². The second-order valence-corrected chi connectivity index (χ2v) is 10.5. The van der Waals surface area contributed by atoms with Crippen LogP contribution in [0.5, 0.6) is 0 Å². The summed E-state index contributed by atoms with van der Waals surface area (Å²) in [5, 5.41) is 19.8. The van der Waals surface area contributed by atoms with Crippen LogP contribution in [0.3, 0.4) is 0 Å². The lowest BCUT2D eigenvalue weighted by atomic mass is 9.51. The molecule has 184 valence electrons. The predicted molar refractivity (Wildman–Crippen MR) is 121 cm³/mol. The van der Waals surface area contributed by atoms with Gasteiger partial charge in [0.2, 0.25) is 0 Å². The summed E-state index contributed by atoms with van der Waals surface area (Å²) < 4.78 is 43.8. The number of hydrogen-bond donors (Lipinski definition) is 3. The zero-order valence-electron chi connectivity index (χ0n) is 19.2. The van der Waals surface area contributed by atoms with Crippen molar-refractivity contribution in [1.82, 2.24) is 20.2 Å². The van der Waals surface area contributed by atoms with Gasteiger partial charge in [0.25, 0.3) is 0 Å². The molecule has 5 aliphatic carbocycles. The van der Waals surface area contributed by atoms with E-state index in [0.29, 0.717) is 0 Å². The molecule has 2 aromatic rings. The number of nitrogens with zero attached hydrogens (tertiary/aromatic N) is 4. The molecular weight excluding hydrogens is 461 g/mol. The van der Waals surface area contributed by atoms with Crippen molar-refractivity contribution < 1.29 is 23.1 Å². The number of nitrogens with one attached hydrogen (secondary N) is 2. The van der Waals surface area contributed by atoms with Crippen LogP contribution in [0.1, 0.15) is 50.5 Å². The maximum absolute atomic E-state index is 14.9. The number of halogens is 3. The highest BCUT2D eigenvalue weighted by molar-refractivity contribution is 5.75. The first-order valence-corrected chi connectivity index (χ1v) is 11.7. The highest BCUT2D eigenvalue weighted by Crippen LogP contribution is 2.74. The number of anilines is 1. The molecule has 7 rings (SSSR count). The summed E-state index contributed by atoms with van der Waals surface area (Å²) in [5.41, 5.74) is -0.608. The first kappa shape index (κ1) is 22.2. The van der Waals surface area contributed by atoms with Crippen LogP contribution >= 0.6 is 0 Å². The lowest BCUT2D eigenvalue weighted by Crippen LogP contribution is -2.63. The van der Waals surface area contributed by atoms with Gasteiger partial charge in [-0.05, 0) is 43.9 Å². The number of fused-ring (bicyclic) bond motifs is 3. The van der Waals surface area contributed by atoms with Crippen molar-refractivity contribution in [3.63, 3.8) is 0 Å². The summed E-state index contributed by atoms with van der Waals surface area (Å²) in [5.74, 6) is -4.16. The van der Waals surface area contributed by atoms with Crippen LogP contribution in [0.4, 0.5) is 19.0 Å². The molecular formula is C24H25F3N6O2. The second-order valence-electron chi connectivity index (χ2n) is 10.5. The Morgan fingerprint density at radius 1 is 1.40 bits per heavy atom. The van der Waals surface area contributed by atoms with Gasteiger partial charge in [0.15, 0.2) is 23.6 Å². The fourth-order valence-electron chi connectivity index (χ4n) is 7.04. The monoisotopic (exact) mass is 486 g/mol. The molecule has 0 radical (unpaired) electrons. The molecule has 5 aliphatic rings. The van der Waals surface area contributed by atoms with Crippen molar-refractivity contribution in [3.8, 4) is 11.5 Å². The lowest BCUT2D eigenvalue weighted by Gasteiger charge is -2.56. The Labute approximate surface area is 199 Å². The molecule has 2 aromatic heterocycles. The molecule has 2 bridgehead atoms. The predicted octanol–water partition coefficient (Wildman–Crippen LogP) is 4.35. The van der Waals surface area contributed by atoms with Crippen molar-refractivity contribution in [2.75, 3.05) is 5.32 Å². The number of aromatic nitrogens is 4. The molecule has 8 nitrogen and oxygen atoms in total. The first-order valence-electron chi connectivity index (χ1n) is 11.7. The standard InChI is InChI=1S/C24H25F3N6O2/c1-9-13(25)6-11-17(16(9)27)32-33-18(11)21-29-8-14(26)20(31-21)30-19-15(22(34)35)10-4-5-23(19,2)24(28-3)7-12(10)24/h6,8-10,12,15-16,19H,3-5,7H2,1-2H3,(H,32,33)(H,34,35)(H,29,30,31)/t9?,10-,12+,15+,16-,19-,23-,24-/m0/s1. The van der Waals surface area contributed by atoms with Gasteiger partial charge >= 0.3 is 5.97 Å². The Hall–Kier alpha value is -3.24. The molecule has 8 atom stereocenters. The Bertz CT molecular complexity index is 1300. The summed E-state index contributed by atoms with van der Waals surface area (Å²) >= 11 is 0. The largest absolute Gasteiger partial charge is 0.481 e. The van der Waals surface area contributed by atoms with Crippen molar-refractivity contribution in [3.05, 3.63) is 29.1 Å². The van der Waals surface area contributed by atoms with Crippen LogP contribution in [-0.2, 0) is 4.79 Å². The van der Waals surface area contributed by atoms with Crippen LogP contribution in [0.25, 0.3) is 17.6 Å². The van der Waals surface area contributed by atoms with Crippen molar-refractivity contribution in [2.24, 2.45) is 34.1 Å². The number of carboxylic acid groups (broad SMARTS) is 1. The van der Waals surface area contributed by atoms with Crippen molar-refractivity contribution in [2.45, 2.75) is 50.9 Å². The number of carboxylic acids is 1. The number of hydrogen-bond acceptors (Lipinski definition) is 6. The average molecular weight is 486 g/mol. The Morgan fingerprint density at radius 3 is 2.89 bits per heavy atom. The molecule has 0 aromatic carbocycles. The fourth-order valence-corrected chi connectivity index (χ4v) is 7.04. The molecule has 2 heterocycles. The van der Waals surface area contributed by atoms with E-state index in [1.54, 1.807) is 0 Å². The molecule has 35 heavy (non-hydrogen) atoms. The Balaban J connectivity index is 1.40. The van der Waals surface area contributed by atoms with Gasteiger partial charge < -0.3 is 10.4 Å². The summed E-state index contributed by atoms with van der Waals surface area (Å²) in [4.78, 5) is 25.1. The third-order valence-corrected chi connectivity index (χ3v) is 9.07. The first-order chi connectivity index (χ1) is 16.6. The molecule has 0 aliphatic heterocycles. The maximum Gasteiger partial charge on any atom is 0.308 e. The van der Waals surface area contributed by atoms with E-state index in [1.165, 1.54) is 13.0 Å². The van der Waals surface area contributed by atoms with Crippen LogP contribution < -0.4 is 5.32 Å². The van der Waals surface area contributed by atoms with E-state index in [9.17, 15) is 23.1 Å². The van der Waals surface area contributed by atoms with Gasteiger partial charge in [0.1, 0.15) is 11.5 Å². The van der Waals surface area contributed by atoms with E-state index in [4.69, 9.17) is 0 Å². The average Bonchev–Trinajstić information content (AvgIpc) is 3.48. The third kappa shape index (κ3) is 2.77. The molecule has 4 fully saturated rings. The van der Waals surface area contributed by atoms with Crippen LogP contribution in [-0.4, -0.2) is 49.5 Å². The summed E-state index contributed by atoms with van der Waals surface area (Å²) in [7, 11) is 0. The van der Waals surface area contributed by atoms with Crippen LogP contribution in [0, 0.1) is 34.9 Å². The van der Waals surface area contributed by atoms with Gasteiger partial charge in [-0.3, -0.25) is 14.9 Å². The summed E-state index contributed by atoms with van der Waals surface area (Å²) in [6.45, 7) is 7.22. The Kier molecular flexibility index (Phi) is 4.54. The normalized spacial score (nSPS) is 38.8. The highest BCUT2D eigenvalue weighted by atomic mass is 19.1. The summed E-state index contributed by atoms with van der Waals surface area (Å²) in [6, 6.07) is -0.637. The van der Waals surface area contributed by atoms with Crippen molar-refractivity contribution >= 4 is 24.6 Å². The number of rotatable bonds is 5. The van der Waals surface area contributed by atoms with Crippen LogP contribution in [0.2, 0.25) is 0 Å². The van der Waals surface area contributed by atoms with Crippen LogP contribution in [0.15, 0.2) is 17.0 Å². The minimum absolute atomic E-state index is 0.0314. The smallest absolute Gasteiger partial charge is 0.308 e. The number of aliphatic imine (C=N–C) groups is 1. The molecule has 11 heteroatoms. The van der Waals surface area contributed by atoms with Gasteiger partial charge in [-0.25, -0.2) is 23.1 Å².